The SMILES string of the molecule is O=C(CCN1C(=O)c2ccccc2C1=O)NC1CCN(C(=O)c2ccc3nc[nH]c3c2)CC1. The van der Waals surface area contributed by atoms with Gasteiger partial charge in [0.25, 0.3) is 17.7 Å². The largest absolute Gasteiger partial charge is 0.353 e. The summed E-state index contributed by atoms with van der Waals surface area (Å²) in [6.45, 7) is 1.14. The normalized spacial score (nSPS) is 16.4. The Labute approximate surface area is 189 Å². The van der Waals surface area contributed by atoms with Gasteiger partial charge in [0.2, 0.25) is 5.91 Å². The van der Waals surface area contributed by atoms with Crippen LogP contribution in [0.3, 0.4) is 0 Å². The number of nitrogens with one attached hydrogen (secondary N) is 2. The van der Waals surface area contributed by atoms with Crippen LogP contribution in [0.1, 0.15) is 50.3 Å². The van der Waals surface area contributed by atoms with Crippen LogP contribution in [0, 0.1) is 0 Å². The summed E-state index contributed by atoms with van der Waals surface area (Å²) in [5, 5.41) is 2.97. The van der Waals surface area contributed by atoms with Gasteiger partial charge in [0.05, 0.1) is 28.5 Å². The number of hydrogen-bond acceptors (Lipinski definition) is 5. The van der Waals surface area contributed by atoms with E-state index in [-0.39, 0.29) is 42.6 Å². The molecular formula is C24H23N5O4. The van der Waals surface area contributed by atoms with E-state index in [0.29, 0.717) is 42.6 Å². The lowest BCUT2D eigenvalue weighted by Crippen LogP contribution is -2.47. The molecule has 1 fully saturated rings. The summed E-state index contributed by atoms with van der Waals surface area (Å²) in [6, 6.07) is 12.0. The Morgan fingerprint density at radius 3 is 2.42 bits per heavy atom. The van der Waals surface area contributed by atoms with Gasteiger partial charge in [0, 0.05) is 37.7 Å². The molecule has 0 bridgehead atoms. The molecule has 1 saturated heterocycles. The molecule has 0 atom stereocenters. The van der Waals surface area contributed by atoms with Crippen molar-refractivity contribution in [3.05, 3.63) is 65.5 Å². The summed E-state index contributed by atoms with van der Waals surface area (Å²) in [5.41, 5.74) is 3.00. The predicted molar refractivity (Wildman–Crippen MR) is 120 cm³/mol. The molecule has 4 amide bonds. The maximum atomic E-state index is 12.8. The molecule has 3 heterocycles. The van der Waals surface area contributed by atoms with Crippen LogP contribution in [0.15, 0.2) is 48.8 Å². The second-order valence-corrected chi connectivity index (χ2v) is 8.33. The summed E-state index contributed by atoms with van der Waals surface area (Å²) in [5.74, 6) is -0.963. The minimum absolute atomic E-state index is 0.0399. The second-order valence-electron chi connectivity index (χ2n) is 8.33. The van der Waals surface area contributed by atoms with Gasteiger partial charge in [-0.25, -0.2) is 4.98 Å². The molecule has 2 aliphatic heterocycles. The third-order valence-corrected chi connectivity index (χ3v) is 6.26. The van der Waals surface area contributed by atoms with E-state index < -0.39 is 0 Å². The number of likely N-dealkylation sites (tertiary alicyclic amines) is 1. The Morgan fingerprint density at radius 1 is 1.03 bits per heavy atom. The number of benzene rings is 2. The van der Waals surface area contributed by atoms with Crippen molar-refractivity contribution < 1.29 is 19.2 Å². The Hall–Kier alpha value is -4.01. The van der Waals surface area contributed by atoms with Crippen LogP contribution in [0.4, 0.5) is 0 Å². The zero-order chi connectivity index (χ0) is 22.9. The van der Waals surface area contributed by atoms with Crippen molar-refractivity contribution in [2.45, 2.75) is 25.3 Å². The van der Waals surface area contributed by atoms with Crippen LogP contribution in [0.5, 0.6) is 0 Å². The average molecular weight is 445 g/mol. The number of H-pyrrole nitrogens is 1. The molecule has 2 aromatic carbocycles. The van der Waals surface area contributed by atoms with Gasteiger partial charge in [-0.2, -0.15) is 0 Å². The van der Waals surface area contributed by atoms with Gasteiger partial charge in [0.15, 0.2) is 0 Å². The summed E-state index contributed by atoms with van der Waals surface area (Å²) >= 11 is 0. The van der Waals surface area contributed by atoms with Gasteiger partial charge in [-0.15, -0.1) is 0 Å². The number of aromatic nitrogens is 2. The fourth-order valence-electron chi connectivity index (χ4n) is 4.43. The van der Waals surface area contributed by atoms with Crippen LogP contribution in [-0.2, 0) is 4.79 Å². The smallest absolute Gasteiger partial charge is 0.261 e. The molecule has 5 rings (SSSR count). The molecule has 2 aliphatic rings. The number of fused-ring (bicyclic) bond motifs is 2. The van der Waals surface area contributed by atoms with E-state index in [9.17, 15) is 19.2 Å². The molecule has 33 heavy (non-hydrogen) atoms. The van der Waals surface area contributed by atoms with Crippen LogP contribution in [0.2, 0.25) is 0 Å². The number of piperidine rings is 1. The minimum atomic E-state index is -0.358. The first-order chi connectivity index (χ1) is 16.0. The molecule has 9 nitrogen and oxygen atoms in total. The topological polar surface area (TPSA) is 115 Å². The molecule has 1 aromatic heterocycles. The molecule has 0 aliphatic carbocycles. The lowest BCUT2D eigenvalue weighted by molar-refractivity contribution is -0.122. The fourth-order valence-corrected chi connectivity index (χ4v) is 4.43. The van der Waals surface area contributed by atoms with Gasteiger partial charge >= 0.3 is 0 Å². The Kier molecular flexibility index (Phi) is 5.37. The van der Waals surface area contributed by atoms with E-state index in [4.69, 9.17) is 0 Å². The Morgan fingerprint density at radius 2 is 1.73 bits per heavy atom. The predicted octanol–water partition coefficient (Wildman–Crippen LogP) is 1.97. The maximum absolute atomic E-state index is 12.8. The highest BCUT2D eigenvalue weighted by molar-refractivity contribution is 6.21. The number of rotatable bonds is 5. The molecule has 3 aromatic rings. The number of amides is 4. The number of carbonyl (C=O) groups is 4. The van der Waals surface area contributed by atoms with E-state index in [1.165, 1.54) is 0 Å². The average Bonchev–Trinajstić information content (AvgIpc) is 3.40. The fraction of sp³-hybridized carbons (Fsp3) is 0.292. The number of carbonyl (C=O) groups excluding carboxylic acids is 4. The molecule has 0 spiro atoms. The Balaban J connectivity index is 1.10. The van der Waals surface area contributed by atoms with E-state index in [1.54, 1.807) is 47.6 Å². The van der Waals surface area contributed by atoms with E-state index in [0.717, 1.165) is 15.9 Å². The zero-order valence-corrected chi connectivity index (χ0v) is 17.9. The molecule has 0 unspecified atom stereocenters. The van der Waals surface area contributed by atoms with Crippen LogP contribution in [0.25, 0.3) is 11.0 Å². The minimum Gasteiger partial charge on any atom is -0.353 e. The maximum Gasteiger partial charge on any atom is 0.261 e. The first kappa shape index (κ1) is 20.9. The van der Waals surface area contributed by atoms with E-state index >= 15 is 0 Å². The molecule has 0 radical (unpaired) electrons. The van der Waals surface area contributed by atoms with Gasteiger partial charge in [-0.3, -0.25) is 24.1 Å². The number of imidazole rings is 1. The number of nitrogens with zero attached hydrogens (tertiary/aromatic N) is 3. The molecule has 168 valence electrons. The molecule has 0 saturated carbocycles. The quantitative estimate of drug-likeness (QED) is 0.583. The lowest BCUT2D eigenvalue weighted by Gasteiger charge is -2.32. The van der Waals surface area contributed by atoms with Crippen molar-refractivity contribution in [2.75, 3.05) is 19.6 Å². The van der Waals surface area contributed by atoms with Gasteiger partial charge in [-0.05, 0) is 43.2 Å². The first-order valence-electron chi connectivity index (χ1n) is 11.0. The standard InChI is InChI=1S/C24H23N5O4/c30-21(9-12-29-23(32)17-3-1-2-4-18(17)24(29)33)27-16-7-10-28(11-8-16)22(31)15-5-6-19-20(13-15)26-14-25-19/h1-6,13-14,16H,7-12H2,(H,25,26)(H,27,30). The third kappa shape index (κ3) is 3.97. The summed E-state index contributed by atoms with van der Waals surface area (Å²) in [4.78, 5) is 60.2. The van der Waals surface area contributed by atoms with Crippen molar-refractivity contribution in [1.82, 2.24) is 25.1 Å². The summed E-state index contributed by atoms with van der Waals surface area (Å²) in [6.07, 6.45) is 2.95. The van der Waals surface area contributed by atoms with Gasteiger partial charge in [0.1, 0.15) is 0 Å². The third-order valence-electron chi connectivity index (χ3n) is 6.26. The van der Waals surface area contributed by atoms with Gasteiger partial charge in [-0.1, -0.05) is 12.1 Å². The monoisotopic (exact) mass is 445 g/mol. The van der Waals surface area contributed by atoms with Crippen molar-refractivity contribution in [2.24, 2.45) is 0 Å². The number of aromatic amines is 1. The van der Waals surface area contributed by atoms with Gasteiger partial charge < -0.3 is 15.2 Å². The van der Waals surface area contributed by atoms with E-state index in [1.807, 2.05) is 6.07 Å². The Bertz CT molecular complexity index is 1220. The van der Waals surface area contributed by atoms with E-state index in [2.05, 4.69) is 15.3 Å². The second kappa shape index (κ2) is 8.50. The van der Waals surface area contributed by atoms with Crippen molar-refractivity contribution in [3.8, 4) is 0 Å². The highest BCUT2D eigenvalue weighted by Gasteiger charge is 2.35. The van der Waals surface area contributed by atoms with Crippen molar-refractivity contribution in [3.63, 3.8) is 0 Å². The van der Waals surface area contributed by atoms with Crippen LogP contribution < -0.4 is 5.32 Å². The number of imide groups is 1. The molecular weight excluding hydrogens is 422 g/mol. The summed E-state index contributed by atoms with van der Waals surface area (Å²) < 4.78 is 0. The first-order valence-corrected chi connectivity index (χ1v) is 11.0. The van der Waals surface area contributed by atoms with Crippen molar-refractivity contribution in [1.29, 1.82) is 0 Å². The van der Waals surface area contributed by atoms with Crippen molar-refractivity contribution >= 4 is 34.7 Å². The molecule has 2 N–H and O–H groups in total. The zero-order valence-electron chi connectivity index (χ0n) is 17.9. The highest BCUT2D eigenvalue weighted by atomic mass is 16.2. The number of hydrogen-bond donors (Lipinski definition) is 2. The molecule has 9 heteroatoms. The lowest BCUT2D eigenvalue weighted by atomic mass is 10.0. The highest BCUT2D eigenvalue weighted by Crippen LogP contribution is 2.22. The van der Waals surface area contributed by atoms with Crippen LogP contribution >= 0.6 is 0 Å². The van der Waals surface area contributed by atoms with Crippen LogP contribution in [-0.4, -0.2) is 69.1 Å². The summed E-state index contributed by atoms with van der Waals surface area (Å²) in [7, 11) is 0.